The van der Waals surface area contributed by atoms with Crippen LogP contribution in [0.5, 0.6) is 0 Å². The van der Waals surface area contributed by atoms with E-state index in [4.69, 9.17) is 14.2 Å². The van der Waals surface area contributed by atoms with Crippen molar-refractivity contribution in [3.63, 3.8) is 0 Å². The number of allylic oxidation sites excluding steroid dienone is 2. The van der Waals surface area contributed by atoms with Gasteiger partial charge in [-0.25, -0.2) is 4.79 Å². The molecule has 11 unspecified atom stereocenters. The molecule has 5 aliphatic rings. The van der Waals surface area contributed by atoms with Crippen LogP contribution in [0.25, 0.3) is 0 Å². The van der Waals surface area contributed by atoms with Gasteiger partial charge in [-0.3, -0.25) is 0 Å². The summed E-state index contributed by atoms with van der Waals surface area (Å²) in [6.07, 6.45) is 11.7. The average Bonchev–Trinajstić information content (AvgIpc) is 2.83. The Kier molecular flexibility index (Phi) is 7.22. The third-order valence-corrected chi connectivity index (χ3v) is 14.2. The van der Waals surface area contributed by atoms with Crippen LogP contribution in [0.3, 0.4) is 0 Å². The van der Waals surface area contributed by atoms with Crippen molar-refractivity contribution in [2.45, 2.75) is 145 Å². The molecule has 0 bridgehead atoms. The van der Waals surface area contributed by atoms with Gasteiger partial charge in [0.25, 0.3) is 0 Å². The second-order valence-electron chi connectivity index (χ2n) is 17.6. The van der Waals surface area contributed by atoms with Crippen LogP contribution in [0.4, 0.5) is 4.79 Å². The van der Waals surface area contributed by atoms with Gasteiger partial charge in [-0.05, 0) is 123 Å². The van der Waals surface area contributed by atoms with Crippen molar-refractivity contribution in [2.24, 2.45) is 56.7 Å². The van der Waals surface area contributed by atoms with Gasteiger partial charge >= 0.3 is 6.16 Å². The van der Waals surface area contributed by atoms with Gasteiger partial charge < -0.3 is 14.2 Å². The molecule has 4 saturated carbocycles. The van der Waals surface area contributed by atoms with Gasteiger partial charge in [0.2, 0.25) is 0 Å². The Morgan fingerprint density at radius 1 is 0.925 bits per heavy atom. The second kappa shape index (κ2) is 9.48. The Balaban J connectivity index is 1.51. The number of hydrogen-bond acceptors (Lipinski definition) is 4. The fourth-order valence-corrected chi connectivity index (χ4v) is 11.8. The predicted octanol–water partition coefficient (Wildman–Crippen LogP) is 9.61. The van der Waals surface area contributed by atoms with Gasteiger partial charge in [0.1, 0.15) is 11.7 Å². The van der Waals surface area contributed by atoms with Gasteiger partial charge in [0.15, 0.2) is 0 Å². The van der Waals surface area contributed by atoms with Gasteiger partial charge in [-0.1, -0.05) is 67.0 Å². The lowest BCUT2D eigenvalue weighted by molar-refractivity contribution is -0.239. The fourth-order valence-electron chi connectivity index (χ4n) is 11.8. The highest BCUT2D eigenvalue weighted by Crippen LogP contribution is 2.75. The van der Waals surface area contributed by atoms with E-state index in [2.05, 4.69) is 61.5 Å². The normalized spacial score (nSPS) is 49.9. The lowest BCUT2D eigenvalue weighted by Crippen LogP contribution is -2.67. The van der Waals surface area contributed by atoms with Crippen molar-refractivity contribution in [1.82, 2.24) is 0 Å². The van der Waals surface area contributed by atoms with Crippen LogP contribution in [-0.2, 0) is 14.2 Å². The van der Waals surface area contributed by atoms with E-state index in [0.29, 0.717) is 17.3 Å². The minimum absolute atomic E-state index is 0.113. The minimum atomic E-state index is -0.578. The molecule has 228 valence electrons. The molecule has 0 spiro atoms. The molecule has 0 aromatic rings. The topological polar surface area (TPSA) is 44.8 Å². The summed E-state index contributed by atoms with van der Waals surface area (Å²) in [4.78, 5) is 12.9. The molecule has 0 aliphatic heterocycles. The van der Waals surface area contributed by atoms with Crippen LogP contribution in [0, 0.1) is 56.7 Å². The lowest BCUT2D eigenvalue weighted by Gasteiger charge is -2.72. The lowest BCUT2D eigenvalue weighted by atomic mass is 9.33. The smallest absolute Gasteiger partial charge is 0.429 e. The fraction of sp³-hybridized carbons (Fsp3) is 0.917. The van der Waals surface area contributed by atoms with Crippen LogP contribution in [0.15, 0.2) is 11.6 Å². The molecule has 4 nitrogen and oxygen atoms in total. The maximum atomic E-state index is 12.9. The largest absolute Gasteiger partial charge is 0.509 e. The molecule has 0 heterocycles. The molecule has 0 radical (unpaired) electrons. The highest BCUT2D eigenvalue weighted by molar-refractivity contribution is 5.61. The summed E-state index contributed by atoms with van der Waals surface area (Å²) in [7, 11) is 1.80. The SMILES string of the molecule is COC1CC2(C)C(CCC3(C)C2CC=C2C4C(C)C(C)CCC4(C)CCC23C)C(C)(C)C1OC(=O)OC(C)(C)C. The first-order chi connectivity index (χ1) is 18.3. The molecule has 4 heteroatoms. The zero-order chi connectivity index (χ0) is 29.7. The van der Waals surface area contributed by atoms with Crippen molar-refractivity contribution >= 4 is 6.16 Å². The summed E-state index contributed by atoms with van der Waals surface area (Å²) in [5.74, 6) is 3.34. The van der Waals surface area contributed by atoms with Crippen LogP contribution >= 0.6 is 0 Å². The van der Waals surface area contributed by atoms with E-state index in [-0.39, 0.29) is 33.9 Å². The minimum Gasteiger partial charge on any atom is -0.429 e. The van der Waals surface area contributed by atoms with Crippen LogP contribution in [0.1, 0.15) is 128 Å². The Morgan fingerprint density at radius 3 is 2.23 bits per heavy atom. The quantitative estimate of drug-likeness (QED) is 0.251. The van der Waals surface area contributed by atoms with E-state index in [0.717, 1.165) is 24.2 Å². The van der Waals surface area contributed by atoms with Crippen molar-refractivity contribution < 1.29 is 19.0 Å². The molecule has 0 saturated heterocycles. The van der Waals surface area contributed by atoms with Crippen LogP contribution in [-0.4, -0.2) is 31.1 Å². The van der Waals surface area contributed by atoms with Crippen LogP contribution in [0.2, 0.25) is 0 Å². The van der Waals surface area contributed by atoms with Gasteiger partial charge in [0, 0.05) is 12.5 Å². The molecule has 0 N–H and O–H groups in total. The summed E-state index contributed by atoms with van der Waals surface area (Å²) >= 11 is 0. The van der Waals surface area contributed by atoms with Crippen molar-refractivity contribution in [1.29, 1.82) is 0 Å². The first-order valence-electron chi connectivity index (χ1n) is 16.5. The van der Waals surface area contributed by atoms with Crippen molar-refractivity contribution in [3.05, 3.63) is 11.6 Å². The first-order valence-corrected chi connectivity index (χ1v) is 16.5. The maximum Gasteiger partial charge on any atom is 0.509 e. The predicted molar refractivity (Wildman–Crippen MR) is 162 cm³/mol. The molecule has 4 fully saturated rings. The highest BCUT2D eigenvalue weighted by atomic mass is 16.7. The Morgan fingerprint density at radius 2 is 1.60 bits per heavy atom. The maximum absolute atomic E-state index is 12.9. The molecule has 5 aliphatic carbocycles. The number of rotatable bonds is 2. The zero-order valence-electron chi connectivity index (χ0n) is 27.9. The monoisotopic (exact) mass is 556 g/mol. The Labute approximate surface area is 245 Å². The third kappa shape index (κ3) is 4.26. The number of carbonyl (C=O) groups excluding carboxylic acids is 1. The van der Waals surface area contributed by atoms with Crippen molar-refractivity contribution in [2.75, 3.05) is 7.11 Å². The summed E-state index contributed by atoms with van der Waals surface area (Å²) in [5.41, 5.74) is 2.11. The molecular weight excluding hydrogens is 496 g/mol. The molecule has 0 aromatic carbocycles. The van der Waals surface area contributed by atoms with Gasteiger partial charge in [-0.2, -0.15) is 0 Å². The summed E-state index contributed by atoms with van der Waals surface area (Å²) < 4.78 is 17.9. The van der Waals surface area contributed by atoms with Gasteiger partial charge in [0.05, 0.1) is 6.10 Å². The average molecular weight is 557 g/mol. The standard InChI is InChI=1S/C36H60O4/c1-22-15-17-33(8)19-20-35(10)24(28(33)23(22)2)13-14-27-34(9)21-25(38-12)29(39-30(37)40-31(3,4)5)32(6,7)26(34)16-18-36(27,35)11/h13,22-23,25-29H,14-21H2,1-12H3. The second-order valence-corrected chi connectivity index (χ2v) is 17.6. The van der Waals surface area contributed by atoms with E-state index in [1.807, 2.05) is 26.3 Å². The molecule has 40 heavy (non-hydrogen) atoms. The molecule has 0 amide bonds. The number of carbonyl (C=O) groups is 1. The van der Waals surface area contributed by atoms with E-state index in [9.17, 15) is 4.79 Å². The van der Waals surface area contributed by atoms with E-state index in [1.165, 1.54) is 44.9 Å². The van der Waals surface area contributed by atoms with E-state index in [1.54, 1.807) is 7.11 Å². The third-order valence-electron chi connectivity index (χ3n) is 14.2. The zero-order valence-corrected chi connectivity index (χ0v) is 27.9. The summed E-state index contributed by atoms with van der Waals surface area (Å²) in [5, 5.41) is 0. The Hall–Kier alpha value is -1.03. The van der Waals surface area contributed by atoms with Gasteiger partial charge in [-0.15, -0.1) is 0 Å². The highest BCUT2D eigenvalue weighted by Gasteiger charge is 2.69. The Bertz CT molecular complexity index is 1040. The molecule has 11 atom stereocenters. The number of fused-ring (bicyclic) bond motifs is 7. The van der Waals surface area contributed by atoms with Crippen LogP contribution < -0.4 is 0 Å². The molecule has 0 aromatic heterocycles. The van der Waals surface area contributed by atoms with E-state index < -0.39 is 11.8 Å². The summed E-state index contributed by atoms with van der Waals surface area (Å²) in [6.45, 7) is 25.9. The first kappa shape index (κ1) is 30.4. The molecular formula is C36H60O4. The van der Waals surface area contributed by atoms with E-state index >= 15 is 0 Å². The number of hydrogen-bond donors (Lipinski definition) is 0. The number of methoxy groups -OCH3 is 1. The molecule has 5 rings (SSSR count). The number of ether oxygens (including phenoxy) is 3. The van der Waals surface area contributed by atoms with Crippen molar-refractivity contribution in [3.8, 4) is 0 Å². The summed E-state index contributed by atoms with van der Waals surface area (Å²) in [6, 6.07) is 0.